The molecule has 0 aliphatic heterocycles. The Morgan fingerprint density at radius 3 is 2.60 bits per heavy atom. The molecule has 7 nitrogen and oxygen atoms in total. The van der Waals surface area contributed by atoms with E-state index in [0.29, 0.717) is 12.8 Å². The molecule has 2 saturated carbocycles. The van der Waals surface area contributed by atoms with Crippen molar-refractivity contribution in [2.45, 2.75) is 63.8 Å². The first-order valence-electron chi connectivity index (χ1n) is 10.4. The van der Waals surface area contributed by atoms with E-state index in [-0.39, 0.29) is 24.0 Å². The summed E-state index contributed by atoms with van der Waals surface area (Å²) in [5.74, 6) is -2.67. The largest absolute Gasteiger partial charge is 0.550 e. The van der Waals surface area contributed by atoms with Crippen LogP contribution in [0.15, 0.2) is 35.5 Å². The van der Waals surface area contributed by atoms with E-state index in [0.717, 1.165) is 11.1 Å². The number of fused-ring (bicyclic) bond motifs is 5. The van der Waals surface area contributed by atoms with Crippen molar-refractivity contribution in [2.75, 3.05) is 0 Å². The Kier molecular flexibility index (Phi) is 4.73. The van der Waals surface area contributed by atoms with Crippen molar-refractivity contribution in [3.63, 3.8) is 0 Å². The second-order valence-corrected chi connectivity index (χ2v) is 9.59. The quantitative estimate of drug-likeness (QED) is 0.550. The van der Waals surface area contributed by atoms with E-state index in [4.69, 9.17) is 0 Å². The Bertz CT molecular complexity index is 915. The van der Waals surface area contributed by atoms with Gasteiger partial charge in [0, 0.05) is 29.1 Å². The lowest BCUT2D eigenvalue weighted by Crippen LogP contribution is -2.62. The standard InChI is InChI=1S/C23H28O7/c1-21-8-7-13(24)9-12(21)3-4-14-15-10-18(27)23(30,17(26)5-6-19(28)29)22(15,2)11-16(25)20(14)21/h7-10,14,16,18,20,25,27,30H,3-6,11H2,1-2H3,(H,28,29)/p-1/t14-,16-,18+,20+,21-,22-,23+/m0/s1. The Morgan fingerprint density at radius 1 is 1.23 bits per heavy atom. The van der Waals surface area contributed by atoms with Crippen LogP contribution < -0.4 is 5.11 Å². The predicted octanol–water partition coefficient (Wildman–Crippen LogP) is -0.0137. The smallest absolute Gasteiger partial charge is 0.178 e. The summed E-state index contributed by atoms with van der Waals surface area (Å²) in [6, 6.07) is 0. The third-order valence-electron chi connectivity index (χ3n) is 8.11. The van der Waals surface area contributed by atoms with Gasteiger partial charge in [-0.2, -0.15) is 0 Å². The zero-order chi connectivity index (χ0) is 22.1. The number of hydrogen-bond acceptors (Lipinski definition) is 7. The van der Waals surface area contributed by atoms with Crippen LogP contribution in [0.2, 0.25) is 0 Å². The van der Waals surface area contributed by atoms with Gasteiger partial charge in [-0.25, -0.2) is 0 Å². The van der Waals surface area contributed by atoms with E-state index in [1.807, 2.05) is 13.0 Å². The second kappa shape index (κ2) is 6.70. The average molecular weight is 415 g/mol. The summed E-state index contributed by atoms with van der Waals surface area (Å²) in [7, 11) is 0. The highest BCUT2D eigenvalue weighted by atomic mass is 16.4. The summed E-state index contributed by atoms with van der Waals surface area (Å²) >= 11 is 0. The van der Waals surface area contributed by atoms with Crippen molar-refractivity contribution < 1.29 is 34.8 Å². The van der Waals surface area contributed by atoms with E-state index in [1.165, 1.54) is 12.2 Å². The Morgan fingerprint density at radius 2 is 1.93 bits per heavy atom. The van der Waals surface area contributed by atoms with Crippen LogP contribution in [0.4, 0.5) is 0 Å². The Labute approximate surface area is 174 Å². The van der Waals surface area contributed by atoms with E-state index < -0.39 is 53.2 Å². The Hall–Kier alpha value is -2.09. The molecule has 4 aliphatic carbocycles. The lowest BCUT2D eigenvalue weighted by molar-refractivity contribution is -0.305. The molecule has 7 heteroatoms. The number of carbonyl (C=O) groups excluding carboxylic acids is 3. The van der Waals surface area contributed by atoms with Gasteiger partial charge in [0.15, 0.2) is 17.2 Å². The number of carboxylic acids is 1. The third-order valence-corrected chi connectivity index (χ3v) is 8.11. The summed E-state index contributed by atoms with van der Waals surface area (Å²) in [5.41, 5.74) is -2.22. The van der Waals surface area contributed by atoms with Gasteiger partial charge in [0.1, 0.15) is 6.10 Å². The number of hydrogen-bond donors (Lipinski definition) is 3. The fourth-order valence-corrected chi connectivity index (χ4v) is 6.58. The van der Waals surface area contributed by atoms with Crippen molar-refractivity contribution in [1.29, 1.82) is 0 Å². The van der Waals surface area contributed by atoms with Crippen LogP contribution in [0.3, 0.4) is 0 Å². The maximum atomic E-state index is 12.9. The summed E-state index contributed by atoms with van der Waals surface area (Å²) in [5, 5.41) is 44.1. The van der Waals surface area contributed by atoms with Crippen molar-refractivity contribution in [3.8, 4) is 0 Å². The van der Waals surface area contributed by atoms with Crippen molar-refractivity contribution >= 4 is 17.5 Å². The van der Waals surface area contributed by atoms with Crippen LogP contribution >= 0.6 is 0 Å². The molecule has 0 aromatic carbocycles. The van der Waals surface area contributed by atoms with Crippen LogP contribution in [0, 0.1) is 22.7 Å². The molecule has 162 valence electrons. The summed E-state index contributed by atoms with van der Waals surface area (Å²) < 4.78 is 0. The highest BCUT2D eigenvalue weighted by Crippen LogP contribution is 2.65. The predicted molar refractivity (Wildman–Crippen MR) is 104 cm³/mol. The van der Waals surface area contributed by atoms with Crippen LogP contribution in [-0.4, -0.2) is 50.7 Å². The number of rotatable bonds is 4. The van der Waals surface area contributed by atoms with E-state index in [1.54, 1.807) is 13.0 Å². The molecule has 30 heavy (non-hydrogen) atoms. The number of ketones is 2. The number of aliphatic hydroxyl groups is 3. The van der Waals surface area contributed by atoms with Gasteiger partial charge in [0.2, 0.25) is 0 Å². The van der Waals surface area contributed by atoms with Crippen molar-refractivity contribution in [3.05, 3.63) is 35.5 Å². The molecule has 0 unspecified atom stereocenters. The van der Waals surface area contributed by atoms with E-state index in [9.17, 15) is 34.8 Å². The monoisotopic (exact) mass is 415 g/mol. The zero-order valence-corrected chi connectivity index (χ0v) is 17.1. The molecular formula is C23H27O7-. The van der Waals surface area contributed by atoms with Crippen LogP contribution in [0.5, 0.6) is 0 Å². The highest BCUT2D eigenvalue weighted by Gasteiger charge is 2.67. The molecule has 0 radical (unpaired) electrons. The summed E-state index contributed by atoms with van der Waals surface area (Å²) in [6.45, 7) is 3.66. The lowest BCUT2D eigenvalue weighted by Gasteiger charge is -2.58. The number of Topliss-reactive ketones (excluding diaryl/α,β-unsaturated/α-hetero) is 1. The molecule has 0 aromatic heterocycles. The molecule has 0 amide bonds. The fraction of sp³-hybridized carbons (Fsp3) is 0.609. The second-order valence-electron chi connectivity index (χ2n) is 9.59. The Balaban J connectivity index is 1.73. The van der Waals surface area contributed by atoms with Crippen molar-refractivity contribution in [2.24, 2.45) is 22.7 Å². The molecule has 0 saturated heterocycles. The molecule has 0 heterocycles. The minimum atomic E-state index is -2.20. The minimum Gasteiger partial charge on any atom is -0.550 e. The highest BCUT2D eigenvalue weighted by molar-refractivity contribution is 6.01. The fourth-order valence-electron chi connectivity index (χ4n) is 6.58. The van der Waals surface area contributed by atoms with Crippen LogP contribution in [0.1, 0.15) is 46.0 Å². The summed E-state index contributed by atoms with van der Waals surface area (Å²) in [6.07, 6.45) is 4.48. The number of carbonyl (C=O) groups is 3. The maximum absolute atomic E-state index is 12.9. The number of aliphatic carboxylic acids is 1. The van der Waals surface area contributed by atoms with Gasteiger partial charge in [-0.3, -0.25) is 9.59 Å². The zero-order valence-electron chi connectivity index (χ0n) is 17.1. The number of carboxylic acid groups (broad SMARTS) is 1. The third kappa shape index (κ3) is 2.65. The van der Waals surface area contributed by atoms with Gasteiger partial charge < -0.3 is 25.2 Å². The molecular weight excluding hydrogens is 388 g/mol. The molecule has 4 aliphatic rings. The van der Waals surface area contributed by atoms with Crippen molar-refractivity contribution in [1.82, 2.24) is 0 Å². The molecule has 4 rings (SSSR count). The molecule has 0 bridgehead atoms. The van der Waals surface area contributed by atoms with Crippen LogP contribution in [0.25, 0.3) is 0 Å². The SMILES string of the molecule is C[C@]12C=CC(=O)C=C1CC[C@H]1C3=C[C@@H](O)[C@](O)(C(=O)CCC(=O)[O-])[C@@]3(C)C[C@H](O)[C@@H]12. The van der Waals surface area contributed by atoms with Crippen LogP contribution in [-0.2, 0) is 14.4 Å². The van der Waals surface area contributed by atoms with Gasteiger partial charge in [-0.1, -0.05) is 37.1 Å². The first-order chi connectivity index (χ1) is 13.9. The van der Waals surface area contributed by atoms with Gasteiger partial charge in [-0.05, 0) is 43.8 Å². The molecule has 2 fully saturated rings. The average Bonchev–Trinajstić information content (AvgIpc) is 2.87. The van der Waals surface area contributed by atoms with Gasteiger partial charge in [-0.15, -0.1) is 0 Å². The molecule has 3 N–H and O–H groups in total. The normalized spacial score (nSPS) is 44.5. The van der Waals surface area contributed by atoms with E-state index >= 15 is 0 Å². The first-order valence-corrected chi connectivity index (χ1v) is 10.4. The van der Waals surface area contributed by atoms with Gasteiger partial charge in [0.05, 0.1) is 6.10 Å². The summed E-state index contributed by atoms with van der Waals surface area (Å²) in [4.78, 5) is 35.5. The minimum absolute atomic E-state index is 0.0509. The molecule has 7 atom stereocenters. The number of aliphatic hydroxyl groups excluding tert-OH is 2. The first kappa shape index (κ1) is 21.2. The number of allylic oxidation sites excluding steroid dienone is 4. The molecule has 0 spiro atoms. The lowest BCUT2D eigenvalue weighted by atomic mass is 9.47. The van der Waals surface area contributed by atoms with Gasteiger partial charge >= 0.3 is 0 Å². The van der Waals surface area contributed by atoms with E-state index in [2.05, 4.69) is 0 Å². The topological polar surface area (TPSA) is 135 Å². The van der Waals surface area contributed by atoms with Gasteiger partial charge in [0.25, 0.3) is 0 Å². The maximum Gasteiger partial charge on any atom is 0.178 e. The molecule has 0 aromatic rings.